The number of methoxy groups -OCH3 is 2. The van der Waals surface area contributed by atoms with Gasteiger partial charge in [-0.25, -0.2) is 0 Å². The van der Waals surface area contributed by atoms with E-state index in [9.17, 15) is 5.11 Å². The smallest absolute Gasteiger partial charge is 0.0601 e. The van der Waals surface area contributed by atoms with E-state index in [4.69, 9.17) is 15.2 Å². The molecule has 0 bridgehead atoms. The Morgan fingerprint density at radius 3 is 2.33 bits per heavy atom. The van der Waals surface area contributed by atoms with Crippen molar-refractivity contribution in [2.24, 2.45) is 5.73 Å². The van der Waals surface area contributed by atoms with Crippen LogP contribution in [0.5, 0.6) is 0 Å². The van der Waals surface area contributed by atoms with E-state index in [1.54, 1.807) is 14.2 Å². The lowest BCUT2D eigenvalue weighted by Crippen LogP contribution is -2.51. The molecule has 0 spiro atoms. The van der Waals surface area contributed by atoms with E-state index in [1.165, 1.54) is 0 Å². The quantitative estimate of drug-likeness (QED) is 0.500. The van der Waals surface area contributed by atoms with Gasteiger partial charge < -0.3 is 20.3 Å². The van der Waals surface area contributed by atoms with Gasteiger partial charge in [-0.3, -0.25) is 4.90 Å². The van der Waals surface area contributed by atoms with Crippen molar-refractivity contribution in [3.05, 3.63) is 0 Å². The standard InChI is InChI=1S/C13H30N2O3/c1-4-6-12(14)13(11-16)15(8-10-18-3)7-5-9-17-2/h12-13,16H,4-11,14H2,1-3H3. The fourth-order valence-corrected chi connectivity index (χ4v) is 2.11. The first-order valence-corrected chi connectivity index (χ1v) is 6.79. The molecule has 5 nitrogen and oxygen atoms in total. The van der Waals surface area contributed by atoms with Gasteiger partial charge in [-0.1, -0.05) is 13.3 Å². The fourth-order valence-electron chi connectivity index (χ4n) is 2.11. The largest absolute Gasteiger partial charge is 0.395 e. The minimum absolute atomic E-state index is 0.0111. The number of nitrogens with zero attached hydrogens (tertiary/aromatic N) is 1. The van der Waals surface area contributed by atoms with Crippen LogP contribution in [0.25, 0.3) is 0 Å². The highest BCUT2D eigenvalue weighted by atomic mass is 16.5. The lowest BCUT2D eigenvalue weighted by Gasteiger charge is -2.34. The second kappa shape index (κ2) is 11.9. The molecule has 0 amide bonds. The topological polar surface area (TPSA) is 68.0 Å². The van der Waals surface area contributed by atoms with Crippen molar-refractivity contribution in [3.63, 3.8) is 0 Å². The predicted molar refractivity (Wildman–Crippen MR) is 73.7 cm³/mol. The normalized spacial score (nSPS) is 15.0. The maximum absolute atomic E-state index is 9.56. The first kappa shape index (κ1) is 17.8. The van der Waals surface area contributed by atoms with Crippen molar-refractivity contribution in [2.75, 3.05) is 47.1 Å². The van der Waals surface area contributed by atoms with Gasteiger partial charge in [0.05, 0.1) is 13.2 Å². The van der Waals surface area contributed by atoms with Gasteiger partial charge in [-0.2, -0.15) is 0 Å². The van der Waals surface area contributed by atoms with Crippen molar-refractivity contribution in [2.45, 2.75) is 38.3 Å². The van der Waals surface area contributed by atoms with Crippen LogP contribution >= 0.6 is 0 Å². The van der Waals surface area contributed by atoms with Crippen LogP contribution in [-0.4, -0.2) is 69.2 Å². The first-order chi connectivity index (χ1) is 8.71. The van der Waals surface area contributed by atoms with Gasteiger partial charge in [0, 0.05) is 46.0 Å². The number of aliphatic hydroxyl groups excluding tert-OH is 1. The number of hydrogen-bond donors (Lipinski definition) is 2. The van der Waals surface area contributed by atoms with Crippen LogP contribution in [0.4, 0.5) is 0 Å². The Bertz CT molecular complexity index is 182. The van der Waals surface area contributed by atoms with E-state index in [0.717, 1.165) is 39.0 Å². The van der Waals surface area contributed by atoms with Crippen molar-refractivity contribution in [1.29, 1.82) is 0 Å². The molecule has 0 saturated carbocycles. The molecule has 0 rings (SSSR count). The molecule has 18 heavy (non-hydrogen) atoms. The SMILES string of the molecule is CCCC(N)C(CO)N(CCCOC)CCOC. The fraction of sp³-hybridized carbons (Fsp3) is 1.00. The van der Waals surface area contributed by atoms with Gasteiger partial charge in [0.2, 0.25) is 0 Å². The van der Waals surface area contributed by atoms with Crippen molar-refractivity contribution >= 4 is 0 Å². The Balaban J connectivity index is 4.35. The van der Waals surface area contributed by atoms with Gasteiger partial charge in [0.15, 0.2) is 0 Å². The lowest BCUT2D eigenvalue weighted by atomic mass is 10.0. The minimum atomic E-state index is 0.0111. The van der Waals surface area contributed by atoms with Crippen LogP contribution in [0.15, 0.2) is 0 Å². The number of ether oxygens (including phenoxy) is 2. The Hall–Kier alpha value is -0.200. The Morgan fingerprint density at radius 2 is 1.83 bits per heavy atom. The molecule has 0 aromatic rings. The van der Waals surface area contributed by atoms with Crippen molar-refractivity contribution < 1.29 is 14.6 Å². The molecule has 0 heterocycles. The molecule has 0 aliphatic heterocycles. The van der Waals surface area contributed by atoms with E-state index >= 15 is 0 Å². The van der Waals surface area contributed by atoms with Gasteiger partial charge >= 0.3 is 0 Å². The molecule has 0 aromatic carbocycles. The van der Waals surface area contributed by atoms with Crippen LogP contribution in [0.2, 0.25) is 0 Å². The molecule has 2 atom stereocenters. The average molecular weight is 262 g/mol. The summed E-state index contributed by atoms with van der Waals surface area (Å²) in [5.74, 6) is 0. The third-order valence-corrected chi connectivity index (χ3v) is 3.15. The lowest BCUT2D eigenvalue weighted by molar-refractivity contribution is 0.0643. The average Bonchev–Trinajstić information content (AvgIpc) is 2.36. The highest BCUT2D eigenvalue weighted by Crippen LogP contribution is 2.09. The molecule has 0 aromatic heterocycles. The summed E-state index contributed by atoms with van der Waals surface area (Å²) in [4.78, 5) is 2.21. The molecule has 110 valence electrons. The maximum Gasteiger partial charge on any atom is 0.0601 e. The second-order valence-electron chi connectivity index (χ2n) is 4.58. The molecular formula is C13H30N2O3. The van der Waals surface area contributed by atoms with E-state index in [2.05, 4.69) is 11.8 Å². The Kier molecular flexibility index (Phi) is 11.7. The van der Waals surface area contributed by atoms with E-state index < -0.39 is 0 Å². The van der Waals surface area contributed by atoms with Gasteiger partial charge in [-0.15, -0.1) is 0 Å². The Morgan fingerprint density at radius 1 is 1.17 bits per heavy atom. The van der Waals surface area contributed by atoms with Gasteiger partial charge in [-0.05, 0) is 12.8 Å². The second-order valence-corrected chi connectivity index (χ2v) is 4.58. The zero-order valence-corrected chi connectivity index (χ0v) is 12.1. The molecule has 3 N–H and O–H groups in total. The first-order valence-electron chi connectivity index (χ1n) is 6.79. The number of hydrogen-bond acceptors (Lipinski definition) is 5. The molecule has 0 radical (unpaired) electrons. The van der Waals surface area contributed by atoms with Gasteiger partial charge in [0.1, 0.15) is 0 Å². The van der Waals surface area contributed by atoms with Crippen LogP contribution < -0.4 is 5.73 Å². The van der Waals surface area contributed by atoms with E-state index in [-0.39, 0.29) is 18.7 Å². The Labute approximate surface area is 111 Å². The summed E-state index contributed by atoms with van der Waals surface area (Å²) in [5.41, 5.74) is 6.14. The van der Waals surface area contributed by atoms with Crippen LogP contribution in [0.3, 0.4) is 0 Å². The highest BCUT2D eigenvalue weighted by molar-refractivity contribution is 4.81. The van der Waals surface area contributed by atoms with Crippen molar-refractivity contribution in [3.8, 4) is 0 Å². The zero-order valence-electron chi connectivity index (χ0n) is 12.1. The van der Waals surface area contributed by atoms with Crippen LogP contribution in [-0.2, 0) is 9.47 Å². The summed E-state index contributed by atoms with van der Waals surface area (Å²) >= 11 is 0. The molecule has 0 saturated heterocycles. The van der Waals surface area contributed by atoms with E-state index in [0.29, 0.717) is 6.61 Å². The molecule has 0 aliphatic rings. The number of rotatable bonds is 12. The minimum Gasteiger partial charge on any atom is -0.395 e. The third kappa shape index (κ3) is 7.28. The third-order valence-electron chi connectivity index (χ3n) is 3.15. The summed E-state index contributed by atoms with van der Waals surface area (Å²) in [6.07, 6.45) is 2.91. The van der Waals surface area contributed by atoms with Crippen molar-refractivity contribution in [1.82, 2.24) is 4.90 Å². The summed E-state index contributed by atoms with van der Waals surface area (Å²) in [6.45, 7) is 5.26. The summed E-state index contributed by atoms with van der Waals surface area (Å²) in [6, 6.07) is 0.0244. The number of nitrogens with two attached hydrogens (primary N) is 1. The monoisotopic (exact) mass is 262 g/mol. The summed E-state index contributed by atoms with van der Waals surface area (Å²) in [7, 11) is 3.39. The summed E-state index contributed by atoms with van der Waals surface area (Å²) in [5, 5.41) is 9.56. The van der Waals surface area contributed by atoms with E-state index in [1.807, 2.05) is 0 Å². The number of aliphatic hydroxyl groups is 1. The van der Waals surface area contributed by atoms with Crippen LogP contribution in [0, 0.1) is 0 Å². The van der Waals surface area contributed by atoms with Crippen LogP contribution in [0.1, 0.15) is 26.2 Å². The van der Waals surface area contributed by atoms with Gasteiger partial charge in [0.25, 0.3) is 0 Å². The summed E-state index contributed by atoms with van der Waals surface area (Å²) < 4.78 is 10.2. The predicted octanol–water partition coefficient (Wildman–Crippen LogP) is 0.460. The molecular weight excluding hydrogens is 232 g/mol. The molecule has 0 fully saturated rings. The zero-order chi connectivity index (χ0) is 13.8. The molecule has 0 aliphatic carbocycles. The molecule has 2 unspecified atom stereocenters. The molecule has 5 heteroatoms. The maximum atomic E-state index is 9.56. The highest BCUT2D eigenvalue weighted by Gasteiger charge is 2.23.